The molecule has 0 aromatic carbocycles. The zero-order chi connectivity index (χ0) is 12.0. The molecular formula is C14H22N2O. The Labute approximate surface area is 103 Å². The van der Waals surface area contributed by atoms with E-state index in [-0.39, 0.29) is 5.41 Å². The van der Waals surface area contributed by atoms with Crippen LogP contribution in [0.4, 0.5) is 0 Å². The van der Waals surface area contributed by atoms with Crippen LogP contribution in [0, 0.1) is 24.2 Å². The molecule has 94 valence electrons. The zero-order valence-electron chi connectivity index (χ0n) is 10.8. The number of rotatable bonds is 4. The number of aliphatic hydroxyl groups is 1. The first-order valence-corrected chi connectivity index (χ1v) is 6.80. The fourth-order valence-corrected chi connectivity index (χ4v) is 3.73. The van der Waals surface area contributed by atoms with Crippen molar-refractivity contribution in [2.24, 2.45) is 17.3 Å². The van der Waals surface area contributed by atoms with Gasteiger partial charge in [0.05, 0.1) is 5.69 Å². The lowest BCUT2D eigenvalue weighted by Crippen LogP contribution is -2.27. The third-order valence-corrected chi connectivity index (χ3v) is 4.64. The Morgan fingerprint density at radius 1 is 1.47 bits per heavy atom. The van der Waals surface area contributed by atoms with E-state index in [1.165, 1.54) is 25.0 Å². The van der Waals surface area contributed by atoms with E-state index in [1.54, 1.807) is 0 Å². The molecule has 0 amide bonds. The molecule has 0 spiro atoms. The zero-order valence-corrected chi connectivity index (χ0v) is 10.8. The molecule has 0 radical (unpaired) electrons. The highest BCUT2D eigenvalue weighted by atomic mass is 16.3. The molecule has 2 aliphatic carbocycles. The van der Waals surface area contributed by atoms with Gasteiger partial charge in [0.15, 0.2) is 0 Å². The van der Waals surface area contributed by atoms with Gasteiger partial charge in [-0.2, -0.15) is 5.10 Å². The van der Waals surface area contributed by atoms with Crippen molar-refractivity contribution in [1.29, 1.82) is 0 Å². The van der Waals surface area contributed by atoms with E-state index in [0.29, 0.717) is 6.61 Å². The van der Waals surface area contributed by atoms with Gasteiger partial charge in [-0.25, -0.2) is 0 Å². The number of fused-ring (bicyclic) bond motifs is 1. The summed E-state index contributed by atoms with van der Waals surface area (Å²) >= 11 is 0. The Morgan fingerprint density at radius 3 is 2.76 bits per heavy atom. The van der Waals surface area contributed by atoms with Gasteiger partial charge < -0.3 is 5.11 Å². The van der Waals surface area contributed by atoms with Crippen molar-refractivity contribution in [2.45, 2.75) is 46.1 Å². The summed E-state index contributed by atoms with van der Waals surface area (Å²) in [5, 5.41) is 14.3. The summed E-state index contributed by atoms with van der Waals surface area (Å²) in [4.78, 5) is 0. The van der Waals surface area contributed by atoms with Crippen LogP contribution in [0.3, 0.4) is 0 Å². The molecule has 2 fully saturated rings. The minimum Gasteiger partial charge on any atom is -0.396 e. The lowest BCUT2D eigenvalue weighted by atomic mass is 9.79. The highest BCUT2D eigenvalue weighted by molar-refractivity contribution is 5.14. The first-order valence-electron chi connectivity index (χ1n) is 6.80. The van der Waals surface area contributed by atoms with Crippen molar-refractivity contribution in [3.63, 3.8) is 0 Å². The van der Waals surface area contributed by atoms with E-state index < -0.39 is 0 Å². The van der Waals surface area contributed by atoms with Crippen LogP contribution >= 0.6 is 0 Å². The smallest absolute Gasteiger partial charge is 0.0596 e. The van der Waals surface area contributed by atoms with Crippen LogP contribution in [-0.2, 0) is 13.0 Å². The minimum atomic E-state index is 0.160. The number of hydrogen-bond acceptors (Lipinski definition) is 2. The molecule has 1 aromatic rings. The fourth-order valence-electron chi connectivity index (χ4n) is 3.73. The Bertz CT molecular complexity index is 414. The van der Waals surface area contributed by atoms with Crippen LogP contribution in [0.1, 0.15) is 37.6 Å². The molecular weight excluding hydrogens is 212 g/mol. The third-order valence-electron chi connectivity index (χ3n) is 4.64. The van der Waals surface area contributed by atoms with Gasteiger partial charge in [-0.15, -0.1) is 0 Å². The molecule has 3 heteroatoms. The summed E-state index contributed by atoms with van der Waals surface area (Å²) in [6.45, 7) is 5.45. The molecule has 2 atom stereocenters. The van der Waals surface area contributed by atoms with Crippen LogP contribution in [0.5, 0.6) is 0 Å². The maximum Gasteiger partial charge on any atom is 0.0596 e. The van der Waals surface area contributed by atoms with Crippen LogP contribution in [0.25, 0.3) is 0 Å². The maximum absolute atomic E-state index is 9.76. The van der Waals surface area contributed by atoms with Crippen molar-refractivity contribution < 1.29 is 5.11 Å². The van der Waals surface area contributed by atoms with Crippen LogP contribution in [-0.4, -0.2) is 21.5 Å². The molecule has 2 saturated carbocycles. The van der Waals surface area contributed by atoms with Crippen LogP contribution in [0.2, 0.25) is 0 Å². The summed E-state index contributed by atoms with van der Waals surface area (Å²) < 4.78 is 2.09. The van der Waals surface area contributed by atoms with Crippen molar-refractivity contribution >= 4 is 0 Å². The average molecular weight is 234 g/mol. The topological polar surface area (TPSA) is 38.0 Å². The average Bonchev–Trinajstić information content (AvgIpc) is 2.78. The molecule has 0 aliphatic heterocycles. The molecule has 17 heavy (non-hydrogen) atoms. The van der Waals surface area contributed by atoms with E-state index >= 15 is 0 Å². The Balaban J connectivity index is 1.80. The first-order chi connectivity index (χ1) is 8.15. The summed E-state index contributed by atoms with van der Waals surface area (Å²) in [6, 6.07) is 2.19. The second kappa shape index (κ2) is 3.84. The Hall–Kier alpha value is -0.830. The van der Waals surface area contributed by atoms with E-state index in [9.17, 15) is 5.11 Å². The van der Waals surface area contributed by atoms with Crippen molar-refractivity contribution in [2.75, 3.05) is 6.61 Å². The summed E-state index contributed by atoms with van der Waals surface area (Å²) in [7, 11) is 0. The summed E-state index contributed by atoms with van der Waals surface area (Å²) in [5.41, 5.74) is 2.56. The van der Waals surface area contributed by atoms with E-state index in [1.807, 2.05) is 6.92 Å². The monoisotopic (exact) mass is 234 g/mol. The molecule has 3 rings (SSSR count). The highest BCUT2D eigenvalue weighted by Gasteiger charge is 2.53. The second-order valence-corrected chi connectivity index (χ2v) is 6.09. The summed E-state index contributed by atoms with van der Waals surface area (Å²) in [6.07, 6.45) is 4.86. The number of hydrogen-bond donors (Lipinski definition) is 1. The standard InChI is InChI=1S/C14H22N2O/c1-3-16-13(4-10(2)15-16)8-14(9-17)6-11-5-12(11)7-14/h4,11-12,17H,3,5-9H2,1-2H3. The SMILES string of the molecule is CCn1nc(C)cc1CC1(CO)CC2CC2C1. The van der Waals surface area contributed by atoms with Crippen molar-refractivity contribution in [3.05, 3.63) is 17.5 Å². The highest BCUT2D eigenvalue weighted by Crippen LogP contribution is 2.60. The largest absolute Gasteiger partial charge is 0.396 e. The van der Waals surface area contributed by atoms with Crippen LogP contribution < -0.4 is 0 Å². The molecule has 0 saturated heterocycles. The van der Waals surface area contributed by atoms with Crippen LogP contribution in [0.15, 0.2) is 6.07 Å². The van der Waals surface area contributed by atoms with Gasteiger partial charge in [-0.1, -0.05) is 0 Å². The molecule has 3 nitrogen and oxygen atoms in total. The number of aliphatic hydroxyl groups excluding tert-OH is 1. The number of nitrogens with zero attached hydrogens (tertiary/aromatic N) is 2. The Morgan fingerprint density at radius 2 is 2.18 bits per heavy atom. The maximum atomic E-state index is 9.76. The lowest BCUT2D eigenvalue weighted by molar-refractivity contribution is 0.114. The minimum absolute atomic E-state index is 0.160. The van der Waals surface area contributed by atoms with Crippen molar-refractivity contribution in [3.8, 4) is 0 Å². The fraction of sp³-hybridized carbons (Fsp3) is 0.786. The van der Waals surface area contributed by atoms with Gasteiger partial charge in [0.25, 0.3) is 0 Å². The molecule has 1 heterocycles. The van der Waals surface area contributed by atoms with E-state index in [0.717, 1.165) is 30.5 Å². The quantitative estimate of drug-likeness (QED) is 0.867. The molecule has 0 bridgehead atoms. The number of aromatic nitrogens is 2. The lowest BCUT2D eigenvalue weighted by Gasteiger charge is -2.28. The molecule has 1 N–H and O–H groups in total. The van der Waals surface area contributed by atoms with Gasteiger partial charge in [-0.3, -0.25) is 4.68 Å². The molecule has 2 aliphatic rings. The third kappa shape index (κ3) is 1.90. The first kappa shape index (κ1) is 11.3. The Kier molecular flexibility index (Phi) is 2.54. The van der Waals surface area contributed by atoms with Gasteiger partial charge in [0.2, 0.25) is 0 Å². The van der Waals surface area contributed by atoms with E-state index in [2.05, 4.69) is 22.8 Å². The van der Waals surface area contributed by atoms with Crippen molar-refractivity contribution in [1.82, 2.24) is 9.78 Å². The second-order valence-electron chi connectivity index (χ2n) is 6.09. The molecule has 1 aromatic heterocycles. The normalized spacial score (nSPS) is 35.0. The summed E-state index contributed by atoms with van der Waals surface area (Å²) in [5.74, 6) is 1.84. The predicted molar refractivity (Wildman–Crippen MR) is 66.7 cm³/mol. The predicted octanol–water partition coefficient (Wildman–Crippen LogP) is 2.16. The molecule has 2 unspecified atom stereocenters. The van der Waals surface area contributed by atoms with Gasteiger partial charge >= 0.3 is 0 Å². The van der Waals surface area contributed by atoms with Gasteiger partial charge in [0, 0.05) is 18.8 Å². The van der Waals surface area contributed by atoms with E-state index in [4.69, 9.17) is 0 Å². The van der Waals surface area contributed by atoms with Gasteiger partial charge in [0.1, 0.15) is 0 Å². The number of aryl methyl sites for hydroxylation is 2. The van der Waals surface area contributed by atoms with Gasteiger partial charge in [-0.05, 0) is 62.8 Å².